The van der Waals surface area contributed by atoms with Crippen LogP contribution in [0.15, 0.2) is 41.1 Å². The minimum absolute atomic E-state index is 0.309. The van der Waals surface area contributed by atoms with E-state index < -0.39 is 0 Å². The van der Waals surface area contributed by atoms with Gasteiger partial charge < -0.3 is 15.0 Å². The van der Waals surface area contributed by atoms with Crippen LogP contribution >= 0.6 is 11.6 Å². The second-order valence-corrected chi connectivity index (χ2v) is 4.62. The maximum Gasteiger partial charge on any atom is 0.262 e. The molecule has 0 aliphatic heterocycles. The summed E-state index contributed by atoms with van der Waals surface area (Å²) in [6.07, 6.45) is 1.61. The van der Waals surface area contributed by atoms with Crippen LogP contribution in [0, 0.1) is 0 Å². The van der Waals surface area contributed by atoms with Gasteiger partial charge in [0.05, 0.1) is 17.7 Å². The predicted molar refractivity (Wildman–Crippen MR) is 78.9 cm³/mol. The average molecular weight is 303 g/mol. The standard InChI is InChI=1S/C14H11ClN4O2/c1-20-11-7-8(16)4-5-9(11)14-18-13(19-21-14)12-10(15)3-2-6-17-12/h2-7H,16H2,1H3. The largest absolute Gasteiger partial charge is 0.496 e. The second-order valence-electron chi connectivity index (χ2n) is 4.22. The van der Waals surface area contributed by atoms with Crippen LogP contribution in [0.3, 0.4) is 0 Å². The van der Waals surface area contributed by atoms with E-state index in [1.807, 2.05) is 0 Å². The number of hydrogen-bond donors (Lipinski definition) is 1. The Bertz CT molecular complexity index is 788. The average Bonchev–Trinajstić information content (AvgIpc) is 2.97. The molecule has 0 spiro atoms. The van der Waals surface area contributed by atoms with Crippen LogP contribution in [0.2, 0.25) is 5.02 Å². The van der Waals surface area contributed by atoms with Gasteiger partial charge in [0.2, 0.25) is 5.82 Å². The molecule has 3 rings (SSSR count). The van der Waals surface area contributed by atoms with Crippen molar-refractivity contribution in [3.8, 4) is 28.7 Å². The Balaban J connectivity index is 2.05. The lowest BCUT2D eigenvalue weighted by molar-refractivity contribution is 0.405. The van der Waals surface area contributed by atoms with Crippen molar-refractivity contribution in [2.75, 3.05) is 12.8 Å². The molecular formula is C14H11ClN4O2. The number of ether oxygens (including phenoxy) is 1. The molecule has 0 aliphatic rings. The van der Waals surface area contributed by atoms with E-state index in [0.717, 1.165) is 0 Å². The molecule has 6 nitrogen and oxygen atoms in total. The number of anilines is 1. The summed E-state index contributed by atoms with van der Waals surface area (Å²) in [6, 6.07) is 8.62. The van der Waals surface area contributed by atoms with E-state index in [-0.39, 0.29) is 0 Å². The minimum atomic E-state index is 0.309. The topological polar surface area (TPSA) is 87.1 Å². The zero-order chi connectivity index (χ0) is 14.8. The van der Waals surface area contributed by atoms with Crippen molar-refractivity contribution in [1.29, 1.82) is 0 Å². The van der Waals surface area contributed by atoms with Crippen molar-refractivity contribution < 1.29 is 9.26 Å². The highest BCUT2D eigenvalue weighted by Gasteiger charge is 2.17. The van der Waals surface area contributed by atoms with Gasteiger partial charge in [0.1, 0.15) is 11.4 Å². The van der Waals surface area contributed by atoms with Gasteiger partial charge in [-0.1, -0.05) is 16.8 Å². The molecule has 0 amide bonds. The van der Waals surface area contributed by atoms with Gasteiger partial charge in [-0.15, -0.1) is 0 Å². The number of halogens is 1. The molecule has 0 saturated carbocycles. The Hall–Kier alpha value is -2.60. The van der Waals surface area contributed by atoms with Crippen molar-refractivity contribution in [2.45, 2.75) is 0 Å². The highest BCUT2D eigenvalue weighted by molar-refractivity contribution is 6.32. The van der Waals surface area contributed by atoms with Crippen LogP contribution < -0.4 is 10.5 Å². The molecule has 3 aromatic rings. The van der Waals surface area contributed by atoms with E-state index in [4.69, 9.17) is 26.6 Å². The van der Waals surface area contributed by atoms with Crippen LogP contribution in [0.4, 0.5) is 5.69 Å². The zero-order valence-electron chi connectivity index (χ0n) is 11.1. The van der Waals surface area contributed by atoms with Crippen LogP contribution in [0.5, 0.6) is 5.75 Å². The fourth-order valence-electron chi connectivity index (χ4n) is 1.86. The molecule has 1 aromatic carbocycles. The molecule has 0 saturated heterocycles. The number of nitrogens with two attached hydrogens (primary N) is 1. The summed E-state index contributed by atoms with van der Waals surface area (Å²) < 4.78 is 10.5. The number of benzene rings is 1. The van der Waals surface area contributed by atoms with E-state index in [9.17, 15) is 0 Å². The molecule has 2 N–H and O–H groups in total. The molecule has 2 heterocycles. The van der Waals surface area contributed by atoms with Crippen LogP contribution in [0.25, 0.3) is 23.0 Å². The number of rotatable bonds is 3. The predicted octanol–water partition coefficient (Wildman–Crippen LogP) is 3.04. The SMILES string of the molecule is COc1cc(N)ccc1-c1nc(-c2ncccc2Cl)no1. The summed E-state index contributed by atoms with van der Waals surface area (Å²) >= 11 is 6.07. The summed E-state index contributed by atoms with van der Waals surface area (Å²) in [6.45, 7) is 0. The quantitative estimate of drug-likeness (QED) is 0.748. The number of hydrogen-bond acceptors (Lipinski definition) is 6. The molecular weight excluding hydrogens is 292 g/mol. The second kappa shape index (κ2) is 5.41. The first-order chi connectivity index (χ1) is 10.2. The Morgan fingerprint density at radius 2 is 2.14 bits per heavy atom. The van der Waals surface area contributed by atoms with E-state index in [0.29, 0.717) is 39.4 Å². The zero-order valence-corrected chi connectivity index (χ0v) is 11.8. The third-order valence-corrected chi connectivity index (χ3v) is 3.16. The fourth-order valence-corrected chi connectivity index (χ4v) is 2.07. The van der Waals surface area contributed by atoms with Gasteiger partial charge in [0.25, 0.3) is 5.89 Å². The molecule has 0 atom stereocenters. The molecule has 0 radical (unpaired) electrons. The van der Waals surface area contributed by atoms with E-state index in [2.05, 4.69) is 15.1 Å². The number of pyridine rings is 1. The van der Waals surface area contributed by atoms with Crippen molar-refractivity contribution in [3.63, 3.8) is 0 Å². The van der Waals surface area contributed by atoms with Gasteiger partial charge in [-0.3, -0.25) is 4.98 Å². The van der Waals surface area contributed by atoms with Gasteiger partial charge >= 0.3 is 0 Å². The summed E-state index contributed by atoms with van der Waals surface area (Å²) in [4.78, 5) is 8.45. The van der Waals surface area contributed by atoms with Gasteiger partial charge in [-0.25, -0.2) is 0 Å². The normalized spacial score (nSPS) is 10.6. The monoisotopic (exact) mass is 302 g/mol. The summed E-state index contributed by atoms with van der Waals surface area (Å²) in [5.41, 5.74) is 7.42. The lowest BCUT2D eigenvalue weighted by Gasteiger charge is -2.05. The van der Waals surface area contributed by atoms with Crippen LogP contribution in [-0.2, 0) is 0 Å². The number of nitrogen functional groups attached to an aromatic ring is 1. The summed E-state index contributed by atoms with van der Waals surface area (Å²) in [7, 11) is 1.55. The van der Waals surface area contributed by atoms with Crippen LogP contribution in [-0.4, -0.2) is 22.2 Å². The third kappa shape index (κ3) is 2.53. The summed E-state index contributed by atoms with van der Waals surface area (Å²) in [5.74, 6) is 1.18. The van der Waals surface area contributed by atoms with Gasteiger partial charge in [-0.2, -0.15) is 4.98 Å². The molecule has 0 bridgehead atoms. The molecule has 2 aromatic heterocycles. The highest BCUT2D eigenvalue weighted by atomic mass is 35.5. The first-order valence-electron chi connectivity index (χ1n) is 6.07. The number of nitrogens with zero attached hydrogens (tertiary/aromatic N) is 3. The molecule has 0 unspecified atom stereocenters. The molecule has 0 fully saturated rings. The molecule has 21 heavy (non-hydrogen) atoms. The van der Waals surface area contributed by atoms with Crippen molar-refractivity contribution in [1.82, 2.24) is 15.1 Å². The first kappa shape index (κ1) is 13.4. The first-order valence-corrected chi connectivity index (χ1v) is 6.45. The maximum atomic E-state index is 6.07. The molecule has 106 valence electrons. The van der Waals surface area contributed by atoms with Gasteiger partial charge in [0, 0.05) is 18.0 Å². The highest BCUT2D eigenvalue weighted by Crippen LogP contribution is 2.32. The number of methoxy groups -OCH3 is 1. The van der Waals surface area contributed by atoms with Gasteiger partial charge in [0.15, 0.2) is 0 Å². The Morgan fingerprint density at radius 1 is 1.29 bits per heavy atom. The maximum absolute atomic E-state index is 6.07. The lowest BCUT2D eigenvalue weighted by Crippen LogP contribution is -1.92. The minimum Gasteiger partial charge on any atom is -0.496 e. The Morgan fingerprint density at radius 3 is 2.90 bits per heavy atom. The van der Waals surface area contributed by atoms with Crippen molar-refractivity contribution in [2.24, 2.45) is 0 Å². The van der Waals surface area contributed by atoms with Crippen LogP contribution in [0.1, 0.15) is 0 Å². The Labute approximate surface area is 125 Å². The lowest BCUT2D eigenvalue weighted by atomic mass is 10.2. The van der Waals surface area contributed by atoms with E-state index in [1.165, 1.54) is 0 Å². The van der Waals surface area contributed by atoms with Gasteiger partial charge in [-0.05, 0) is 24.3 Å². The molecule has 0 aliphatic carbocycles. The third-order valence-electron chi connectivity index (χ3n) is 2.85. The smallest absolute Gasteiger partial charge is 0.262 e. The van der Waals surface area contributed by atoms with Crippen molar-refractivity contribution in [3.05, 3.63) is 41.6 Å². The summed E-state index contributed by atoms with van der Waals surface area (Å²) in [5, 5.41) is 4.35. The molecule has 7 heteroatoms. The van der Waals surface area contributed by atoms with E-state index >= 15 is 0 Å². The number of aromatic nitrogens is 3. The van der Waals surface area contributed by atoms with E-state index in [1.54, 1.807) is 43.6 Å². The Kier molecular flexibility index (Phi) is 3.45. The fraction of sp³-hybridized carbons (Fsp3) is 0.0714. The van der Waals surface area contributed by atoms with Crippen molar-refractivity contribution >= 4 is 17.3 Å².